The average Bonchev–Trinajstić information content (AvgIpc) is 3.05. The fourth-order valence-electron chi connectivity index (χ4n) is 4.17. The van der Waals surface area contributed by atoms with E-state index in [2.05, 4.69) is 16.0 Å². The summed E-state index contributed by atoms with van der Waals surface area (Å²) in [6.07, 6.45) is 1.51. The minimum Gasteiger partial charge on any atom is -0.493 e. The lowest BCUT2D eigenvalue weighted by molar-refractivity contribution is -0.114. The molecule has 0 spiro atoms. The van der Waals surface area contributed by atoms with Gasteiger partial charge in [-0.15, -0.1) is 11.8 Å². The third-order valence-electron chi connectivity index (χ3n) is 6.44. The van der Waals surface area contributed by atoms with Gasteiger partial charge in [0, 0.05) is 26.9 Å². The van der Waals surface area contributed by atoms with Gasteiger partial charge in [0.1, 0.15) is 5.70 Å². The van der Waals surface area contributed by atoms with E-state index in [-0.39, 0.29) is 17.4 Å². The number of aryl methyl sites for hydroxylation is 1. The highest BCUT2D eigenvalue weighted by molar-refractivity contribution is 8.00. The molecule has 9 nitrogen and oxygen atoms in total. The second-order valence-electron chi connectivity index (χ2n) is 9.62. The molecule has 0 radical (unpaired) electrons. The summed E-state index contributed by atoms with van der Waals surface area (Å²) in [7, 11) is 4.47. The van der Waals surface area contributed by atoms with Crippen molar-refractivity contribution in [3.63, 3.8) is 0 Å². The van der Waals surface area contributed by atoms with Gasteiger partial charge >= 0.3 is 0 Å². The number of methoxy groups -OCH3 is 3. The zero-order chi connectivity index (χ0) is 32.3. The molecule has 0 bridgehead atoms. The molecule has 45 heavy (non-hydrogen) atoms. The van der Waals surface area contributed by atoms with Crippen LogP contribution < -0.4 is 30.2 Å². The van der Waals surface area contributed by atoms with E-state index in [0.29, 0.717) is 44.8 Å². The van der Waals surface area contributed by atoms with Crippen molar-refractivity contribution in [3.8, 4) is 17.2 Å². The molecule has 0 aromatic heterocycles. The number of halogens is 1. The summed E-state index contributed by atoms with van der Waals surface area (Å²) >= 11 is 7.47. The zero-order valence-corrected chi connectivity index (χ0v) is 26.7. The van der Waals surface area contributed by atoms with Crippen LogP contribution in [0.2, 0.25) is 5.02 Å². The first kappa shape index (κ1) is 33.0. The van der Waals surface area contributed by atoms with Crippen LogP contribution in [-0.4, -0.2) is 44.8 Å². The smallest absolute Gasteiger partial charge is 0.272 e. The number of hydrogen-bond donors (Lipinski definition) is 3. The van der Waals surface area contributed by atoms with Gasteiger partial charge in [0.25, 0.3) is 11.8 Å². The van der Waals surface area contributed by atoms with Gasteiger partial charge in [-0.2, -0.15) is 0 Å². The first-order chi connectivity index (χ1) is 21.7. The Labute approximate surface area is 270 Å². The first-order valence-electron chi connectivity index (χ1n) is 13.7. The number of carbonyl (C=O) groups is 3. The number of benzene rings is 4. The van der Waals surface area contributed by atoms with Crippen LogP contribution in [0.4, 0.5) is 11.4 Å². The Morgan fingerprint density at radius 3 is 2.13 bits per heavy atom. The standard InChI is InChI=1S/C34H32ClN3O6S/c1-21-13-14-25(19-27(21)35)36-31(39)20-45-26-12-8-11-24(18-26)37-34(41)28(38-33(40)23-9-6-5-7-10-23)15-22-16-29(42-2)32(44-4)30(17-22)43-3/h5-19H,20H2,1-4H3,(H,36,39)(H,37,41)(H,38,40)/b28-15+. The second-order valence-corrected chi connectivity index (χ2v) is 11.1. The number of hydrogen-bond acceptors (Lipinski definition) is 7. The van der Waals surface area contributed by atoms with Crippen LogP contribution in [0.1, 0.15) is 21.5 Å². The zero-order valence-electron chi connectivity index (χ0n) is 25.1. The maximum absolute atomic E-state index is 13.6. The van der Waals surface area contributed by atoms with Crippen molar-refractivity contribution in [1.82, 2.24) is 5.32 Å². The van der Waals surface area contributed by atoms with E-state index in [1.54, 1.807) is 72.8 Å². The highest BCUT2D eigenvalue weighted by Crippen LogP contribution is 2.38. The first-order valence-corrected chi connectivity index (χ1v) is 15.1. The maximum atomic E-state index is 13.6. The molecule has 0 aliphatic rings. The molecule has 0 saturated heterocycles. The molecule has 0 fully saturated rings. The highest BCUT2D eigenvalue weighted by atomic mass is 35.5. The number of thioether (sulfide) groups is 1. The van der Waals surface area contributed by atoms with E-state index in [0.717, 1.165) is 10.5 Å². The van der Waals surface area contributed by atoms with Crippen molar-refractivity contribution < 1.29 is 28.6 Å². The SMILES string of the molecule is COc1cc(/C=C(/NC(=O)c2ccccc2)C(=O)Nc2cccc(SCC(=O)Nc3ccc(C)c(Cl)c3)c2)cc(OC)c1OC. The molecule has 11 heteroatoms. The maximum Gasteiger partial charge on any atom is 0.272 e. The molecule has 4 aromatic rings. The van der Waals surface area contributed by atoms with E-state index >= 15 is 0 Å². The molecular formula is C34H32ClN3O6S. The molecule has 0 heterocycles. The minimum atomic E-state index is -0.566. The molecular weight excluding hydrogens is 614 g/mol. The van der Waals surface area contributed by atoms with E-state index in [9.17, 15) is 14.4 Å². The molecule has 0 aliphatic heterocycles. The van der Waals surface area contributed by atoms with E-state index < -0.39 is 11.8 Å². The summed E-state index contributed by atoms with van der Waals surface area (Å²) in [5.74, 6) is 0.0740. The normalized spacial score (nSPS) is 10.9. The van der Waals surface area contributed by atoms with Crippen LogP contribution in [0.3, 0.4) is 0 Å². The molecule has 232 valence electrons. The lowest BCUT2D eigenvalue weighted by Crippen LogP contribution is -2.30. The van der Waals surface area contributed by atoms with Crippen molar-refractivity contribution in [2.75, 3.05) is 37.7 Å². The van der Waals surface area contributed by atoms with Crippen LogP contribution in [0.15, 0.2) is 95.5 Å². The number of rotatable bonds is 12. The monoisotopic (exact) mass is 645 g/mol. The number of carbonyl (C=O) groups excluding carboxylic acids is 3. The number of ether oxygens (including phenoxy) is 3. The van der Waals surface area contributed by atoms with Gasteiger partial charge < -0.3 is 30.2 Å². The van der Waals surface area contributed by atoms with Gasteiger partial charge in [-0.1, -0.05) is 41.9 Å². The Morgan fingerprint density at radius 1 is 0.800 bits per heavy atom. The van der Waals surface area contributed by atoms with Gasteiger partial charge in [-0.3, -0.25) is 14.4 Å². The number of nitrogens with one attached hydrogen (secondary N) is 3. The summed E-state index contributed by atoms with van der Waals surface area (Å²) in [6, 6.07) is 24.3. The fraction of sp³-hybridized carbons (Fsp3) is 0.147. The van der Waals surface area contributed by atoms with Crippen LogP contribution in [0.5, 0.6) is 17.2 Å². The van der Waals surface area contributed by atoms with Crippen LogP contribution in [-0.2, 0) is 9.59 Å². The van der Waals surface area contributed by atoms with Gasteiger partial charge in [-0.25, -0.2) is 0 Å². The van der Waals surface area contributed by atoms with Crippen molar-refractivity contribution in [2.45, 2.75) is 11.8 Å². The Bertz CT molecular complexity index is 1700. The Balaban J connectivity index is 1.53. The van der Waals surface area contributed by atoms with Crippen molar-refractivity contribution >= 4 is 58.5 Å². The average molecular weight is 646 g/mol. The Hall–Kier alpha value is -4.93. The topological polar surface area (TPSA) is 115 Å². The molecule has 4 aromatic carbocycles. The van der Waals surface area contributed by atoms with Gasteiger partial charge in [0.15, 0.2) is 11.5 Å². The minimum absolute atomic E-state index is 0.0210. The molecule has 3 amide bonds. The molecule has 3 N–H and O–H groups in total. The molecule has 0 unspecified atom stereocenters. The third kappa shape index (κ3) is 9.04. The van der Waals surface area contributed by atoms with Gasteiger partial charge in [-0.05, 0) is 78.7 Å². The molecule has 0 atom stereocenters. The van der Waals surface area contributed by atoms with Gasteiger partial charge in [0.05, 0.1) is 27.1 Å². The lowest BCUT2D eigenvalue weighted by atomic mass is 10.1. The van der Waals surface area contributed by atoms with Crippen LogP contribution >= 0.6 is 23.4 Å². The largest absolute Gasteiger partial charge is 0.493 e. The summed E-state index contributed by atoms with van der Waals surface area (Å²) in [6.45, 7) is 1.89. The third-order valence-corrected chi connectivity index (χ3v) is 7.85. The fourth-order valence-corrected chi connectivity index (χ4v) is 5.11. The highest BCUT2D eigenvalue weighted by Gasteiger charge is 2.18. The van der Waals surface area contributed by atoms with E-state index in [1.165, 1.54) is 39.2 Å². The predicted octanol–water partition coefficient (Wildman–Crippen LogP) is 6.81. The Morgan fingerprint density at radius 2 is 1.49 bits per heavy atom. The van der Waals surface area contributed by atoms with E-state index in [1.807, 2.05) is 19.1 Å². The Kier molecular flexibility index (Phi) is 11.5. The van der Waals surface area contributed by atoms with Gasteiger partial charge in [0.2, 0.25) is 11.7 Å². The lowest BCUT2D eigenvalue weighted by Gasteiger charge is -2.15. The number of amides is 3. The van der Waals surface area contributed by atoms with Crippen molar-refractivity contribution in [1.29, 1.82) is 0 Å². The van der Waals surface area contributed by atoms with Crippen LogP contribution in [0.25, 0.3) is 6.08 Å². The summed E-state index contributed by atoms with van der Waals surface area (Å²) in [5, 5.41) is 8.97. The van der Waals surface area contributed by atoms with Crippen molar-refractivity contribution in [3.05, 3.63) is 112 Å². The molecule has 4 rings (SSSR count). The predicted molar refractivity (Wildman–Crippen MR) is 179 cm³/mol. The van der Waals surface area contributed by atoms with Crippen LogP contribution in [0, 0.1) is 6.92 Å². The summed E-state index contributed by atoms with van der Waals surface area (Å²) in [5.41, 5.74) is 2.89. The molecule has 0 aliphatic carbocycles. The second kappa shape index (κ2) is 15.7. The summed E-state index contributed by atoms with van der Waals surface area (Å²) < 4.78 is 16.3. The summed E-state index contributed by atoms with van der Waals surface area (Å²) in [4.78, 5) is 40.0. The van der Waals surface area contributed by atoms with E-state index in [4.69, 9.17) is 25.8 Å². The van der Waals surface area contributed by atoms with Crippen molar-refractivity contribution in [2.24, 2.45) is 0 Å². The quantitative estimate of drug-likeness (QED) is 0.114. The molecule has 0 saturated carbocycles. The number of anilines is 2.